The summed E-state index contributed by atoms with van der Waals surface area (Å²) in [5, 5.41) is 0.456. The SMILES string of the molecule is O=C(CCN1c2ccccc2Sc2ccc(C(F)(F)F)cc21)ON1C(=O)CCC1=O. The van der Waals surface area contributed by atoms with Gasteiger partial charge in [-0.15, -0.1) is 5.06 Å². The van der Waals surface area contributed by atoms with E-state index in [1.807, 2.05) is 12.1 Å². The molecule has 0 N–H and O–H groups in total. The van der Waals surface area contributed by atoms with Crippen LogP contribution in [0.2, 0.25) is 0 Å². The number of halogens is 3. The molecule has 0 spiro atoms. The van der Waals surface area contributed by atoms with Crippen LogP contribution in [-0.2, 0) is 25.4 Å². The van der Waals surface area contributed by atoms with E-state index in [2.05, 4.69) is 0 Å². The summed E-state index contributed by atoms with van der Waals surface area (Å²) in [5.74, 6) is -2.00. The maximum Gasteiger partial charge on any atom is 0.416 e. The van der Waals surface area contributed by atoms with Gasteiger partial charge in [-0.05, 0) is 30.3 Å². The third kappa shape index (κ3) is 3.87. The summed E-state index contributed by atoms with van der Waals surface area (Å²) in [4.78, 5) is 43.3. The summed E-state index contributed by atoms with van der Waals surface area (Å²) < 4.78 is 39.7. The lowest BCUT2D eigenvalue weighted by Crippen LogP contribution is -2.33. The molecule has 0 aromatic heterocycles. The minimum absolute atomic E-state index is 0.0148. The van der Waals surface area contributed by atoms with Gasteiger partial charge in [-0.3, -0.25) is 9.59 Å². The fourth-order valence-corrected chi connectivity index (χ4v) is 4.33. The van der Waals surface area contributed by atoms with Crippen LogP contribution in [0.15, 0.2) is 52.3 Å². The van der Waals surface area contributed by atoms with Crippen molar-refractivity contribution in [1.29, 1.82) is 0 Å². The number of anilines is 2. The first-order valence-corrected chi connectivity index (χ1v) is 9.88. The predicted molar refractivity (Wildman–Crippen MR) is 101 cm³/mol. The number of carbonyl (C=O) groups excluding carboxylic acids is 3. The average Bonchev–Trinajstić information content (AvgIpc) is 3.02. The molecule has 1 fully saturated rings. The molecule has 2 amide bonds. The van der Waals surface area contributed by atoms with Gasteiger partial charge in [0.2, 0.25) is 0 Å². The molecule has 2 aliphatic heterocycles. The van der Waals surface area contributed by atoms with Gasteiger partial charge in [-0.2, -0.15) is 13.2 Å². The fraction of sp³-hybridized carbons (Fsp3) is 0.250. The Bertz CT molecular complexity index is 1020. The predicted octanol–water partition coefficient (Wildman–Crippen LogP) is 4.31. The lowest BCUT2D eigenvalue weighted by Gasteiger charge is -2.33. The highest BCUT2D eigenvalue weighted by Gasteiger charge is 2.35. The van der Waals surface area contributed by atoms with Gasteiger partial charge in [0.1, 0.15) is 0 Å². The van der Waals surface area contributed by atoms with E-state index in [-0.39, 0.29) is 25.8 Å². The van der Waals surface area contributed by atoms with Gasteiger partial charge in [-0.1, -0.05) is 23.9 Å². The van der Waals surface area contributed by atoms with Gasteiger partial charge in [0.25, 0.3) is 11.8 Å². The highest BCUT2D eigenvalue weighted by atomic mass is 32.2. The number of imide groups is 1. The van der Waals surface area contributed by atoms with Crippen molar-refractivity contribution >= 4 is 40.9 Å². The summed E-state index contributed by atoms with van der Waals surface area (Å²) >= 11 is 1.34. The van der Waals surface area contributed by atoms with Crippen LogP contribution in [0.25, 0.3) is 0 Å². The summed E-state index contributed by atoms with van der Waals surface area (Å²) in [6.45, 7) is 0.0148. The molecular weight excluding hydrogens is 421 g/mol. The zero-order valence-corrected chi connectivity index (χ0v) is 16.3. The number of fused-ring (bicyclic) bond motifs is 2. The first-order valence-electron chi connectivity index (χ1n) is 9.06. The van der Waals surface area contributed by atoms with E-state index in [9.17, 15) is 27.6 Å². The third-order valence-corrected chi connectivity index (χ3v) is 5.82. The minimum Gasteiger partial charge on any atom is -0.339 e. The Morgan fingerprint density at radius 2 is 1.67 bits per heavy atom. The second kappa shape index (κ2) is 7.67. The van der Waals surface area contributed by atoms with Gasteiger partial charge in [-0.25, -0.2) is 4.79 Å². The van der Waals surface area contributed by atoms with Crippen molar-refractivity contribution in [3.8, 4) is 0 Å². The molecule has 0 aliphatic carbocycles. The van der Waals surface area contributed by atoms with Gasteiger partial charge in [0.05, 0.1) is 23.4 Å². The number of para-hydroxylation sites is 1. The van der Waals surface area contributed by atoms with Crippen molar-refractivity contribution in [3.63, 3.8) is 0 Å². The maximum atomic E-state index is 13.2. The van der Waals surface area contributed by atoms with Gasteiger partial charge < -0.3 is 9.74 Å². The molecule has 30 heavy (non-hydrogen) atoms. The quantitative estimate of drug-likeness (QED) is 0.666. The number of hydrogen-bond acceptors (Lipinski definition) is 6. The van der Waals surface area contributed by atoms with E-state index in [0.29, 0.717) is 21.3 Å². The molecule has 2 aromatic carbocycles. The lowest BCUT2D eigenvalue weighted by atomic mass is 10.1. The number of benzene rings is 2. The molecular formula is C20H15F3N2O4S. The molecule has 1 saturated heterocycles. The molecule has 0 bridgehead atoms. The monoisotopic (exact) mass is 436 g/mol. The number of hydroxylamine groups is 2. The first kappa shape index (κ1) is 20.3. The molecule has 4 rings (SSSR count). The standard InChI is InChI=1S/C20H15F3N2O4S/c21-20(22,23)12-5-6-16-14(11-12)24(13-3-1-2-4-15(13)30-16)10-9-19(28)29-25-17(26)7-8-18(25)27/h1-6,11H,7-10H2. The smallest absolute Gasteiger partial charge is 0.339 e. The van der Waals surface area contributed by atoms with Crippen LogP contribution in [-0.4, -0.2) is 29.4 Å². The molecule has 2 heterocycles. The lowest BCUT2D eigenvalue weighted by molar-refractivity contribution is -0.197. The van der Waals surface area contributed by atoms with E-state index < -0.39 is 29.5 Å². The summed E-state index contributed by atoms with van der Waals surface area (Å²) in [5.41, 5.74) is 0.201. The summed E-state index contributed by atoms with van der Waals surface area (Å²) in [6.07, 6.45) is -4.77. The Morgan fingerprint density at radius 1 is 1.00 bits per heavy atom. The second-order valence-electron chi connectivity index (χ2n) is 6.70. The Kier molecular flexibility index (Phi) is 5.19. The van der Waals surface area contributed by atoms with Crippen molar-refractivity contribution < 1.29 is 32.4 Å². The zero-order valence-electron chi connectivity index (χ0n) is 15.4. The Hall–Kier alpha value is -3.01. The van der Waals surface area contributed by atoms with Gasteiger partial charge in [0, 0.05) is 29.2 Å². The molecule has 2 aromatic rings. The Balaban J connectivity index is 1.58. The van der Waals surface area contributed by atoms with E-state index in [4.69, 9.17) is 4.84 Å². The summed E-state index contributed by atoms with van der Waals surface area (Å²) in [7, 11) is 0. The molecule has 10 heteroatoms. The fourth-order valence-electron chi connectivity index (χ4n) is 3.25. The van der Waals surface area contributed by atoms with Crippen LogP contribution in [0, 0.1) is 0 Å². The topological polar surface area (TPSA) is 66.9 Å². The summed E-state index contributed by atoms with van der Waals surface area (Å²) in [6, 6.07) is 10.7. The number of alkyl halides is 3. The van der Waals surface area contributed by atoms with Crippen LogP contribution < -0.4 is 4.90 Å². The minimum atomic E-state index is -4.50. The Morgan fingerprint density at radius 3 is 2.37 bits per heavy atom. The second-order valence-corrected chi connectivity index (χ2v) is 7.78. The number of hydrogen-bond donors (Lipinski definition) is 0. The van der Waals surface area contributed by atoms with Crippen LogP contribution in [0.4, 0.5) is 24.5 Å². The number of carbonyl (C=O) groups is 3. The van der Waals surface area contributed by atoms with E-state index >= 15 is 0 Å². The van der Waals surface area contributed by atoms with Crippen LogP contribution in [0.3, 0.4) is 0 Å². The molecule has 156 valence electrons. The third-order valence-electron chi connectivity index (χ3n) is 4.69. The van der Waals surface area contributed by atoms with Gasteiger partial charge >= 0.3 is 12.1 Å². The maximum absolute atomic E-state index is 13.2. The molecule has 0 atom stereocenters. The van der Waals surface area contributed by atoms with Crippen molar-refractivity contribution in [3.05, 3.63) is 48.0 Å². The van der Waals surface area contributed by atoms with E-state index in [1.54, 1.807) is 17.0 Å². The molecule has 0 radical (unpaired) electrons. The number of rotatable bonds is 4. The number of amides is 2. The largest absolute Gasteiger partial charge is 0.416 e. The molecule has 0 saturated carbocycles. The highest BCUT2D eigenvalue weighted by Crippen LogP contribution is 2.49. The average molecular weight is 436 g/mol. The normalized spacial score (nSPS) is 15.8. The first-order chi connectivity index (χ1) is 14.2. The van der Waals surface area contributed by atoms with Crippen molar-refractivity contribution in [2.45, 2.75) is 35.2 Å². The van der Waals surface area contributed by atoms with Crippen molar-refractivity contribution in [1.82, 2.24) is 5.06 Å². The molecule has 6 nitrogen and oxygen atoms in total. The van der Waals surface area contributed by atoms with Gasteiger partial charge in [0.15, 0.2) is 0 Å². The van der Waals surface area contributed by atoms with Crippen LogP contribution >= 0.6 is 11.8 Å². The molecule has 0 unspecified atom stereocenters. The molecule has 2 aliphatic rings. The number of nitrogens with zero attached hydrogens (tertiary/aromatic N) is 2. The van der Waals surface area contributed by atoms with E-state index in [0.717, 1.165) is 17.0 Å². The highest BCUT2D eigenvalue weighted by molar-refractivity contribution is 7.99. The van der Waals surface area contributed by atoms with E-state index in [1.165, 1.54) is 17.8 Å². The zero-order chi connectivity index (χ0) is 21.5. The van der Waals surface area contributed by atoms with Crippen molar-refractivity contribution in [2.24, 2.45) is 0 Å². The van der Waals surface area contributed by atoms with Crippen LogP contribution in [0.5, 0.6) is 0 Å². The van der Waals surface area contributed by atoms with Crippen LogP contribution in [0.1, 0.15) is 24.8 Å². The Labute approximate surface area is 173 Å². The van der Waals surface area contributed by atoms with Crippen molar-refractivity contribution in [2.75, 3.05) is 11.4 Å².